The second-order valence-corrected chi connectivity index (χ2v) is 10.5. The second-order valence-electron chi connectivity index (χ2n) is 10.5. The molecule has 0 bridgehead atoms. The van der Waals surface area contributed by atoms with Gasteiger partial charge in [-0.15, -0.1) is 0 Å². The number of nitrogens with one attached hydrogen (secondary N) is 2. The average Bonchev–Trinajstić information content (AvgIpc) is 2.95. The van der Waals surface area contributed by atoms with Crippen LogP contribution in [-0.4, -0.2) is 43.2 Å². The normalized spacial score (nSPS) is 17.3. The third-order valence-corrected chi connectivity index (χ3v) is 7.40. The standard InChI is InChI=1S/C32H39N5O/c1-37(2)31-28-13-7-8-14-29(28)35-32(36-31)34-27-18-16-24(17-19-27)22-33-21-20-26-12-6-9-15-30(26)38-23-25-10-4-3-5-11-25/h3-15,24,27,33H,16-23H2,1-2H3,(H,34,35,36). The number of anilines is 2. The van der Waals surface area contributed by atoms with Gasteiger partial charge in [-0.3, -0.25) is 0 Å². The van der Waals surface area contributed by atoms with E-state index in [4.69, 9.17) is 14.7 Å². The molecule has 0 amide bonds. The number of nitrogens with zero attached hydrogens (tertiary/aromatic N) is 3. The molecule has 38 heavy (non-hydrogen) atoms. The maximum Gasteiger partial charge on any atom is 0.225 e. The zero-order chi connectivity index (χ0) is 26.2. The van der Waals surface area contributed by atoms with Crippen LogP contribution in [0.5, 0.6) is 5.75 Å². The van der Waals surface area contributed by atoms with Crippen LogP contribution in [0.25, 0.3) is 10.9 Å². The average molecular weight is 510 g/mol. The summed E-state index contributed by atoms with van der Waals surface area (Å²) in [5.74, 6) is 3.40. The Bertz CT molecular complexity index is 1300. The van der Waals surface area contributed by atoms with Crippen molar-refractivity contribution in [2.75, 3.05) is 37.4 Å². The van der Waals surface area contributed by atoms with Crippen LogP contribution >= 0.6 is 0 Å². The van der Waals surface area contributed by atoms with Crippen molar-refractivity contribution in [2.24, 2.45) is 5.92 Å². The summed E-state index contributed by atoms with van der Waals surface area (Å²) in [7, 11) is 4.07. The van der Waals surface area contributed by atoms with Gasteiger partial charge >= 0.3 is 0 Å². The monoisotopic (exact) mass is 509 g/mol. The number of para-hydroxylation sites is 2. The van der Waals surface area contributed by atoms with Crippen LogP contribution in [0, 0.1) is 5.92 Å². The van der Waals surface area contributed by atoms with Crippen LogP contribution in [0.3, 0.4) is 0 Å². The van der Waals surface area contributed by atoms with Gasteiger partial charge in [0.25, 0.3) is 0 Å². The van der Waals surface area contributed by atoms with Crippen molar-refractivity contribution in [3.8, 4) is 5.75 Å². The fourth-order valence-electron chi connectivity index (χ4n) is 5.27. The van der Waals surface area contributed by atoms with Crippen LogP contribution in [0.4, 0.5) is 11.8 Å². The highest BCUT2D eigenvalue weighted by molar-refractivity contribution is 5.90. The highest BCUT2D eigenvalue weighted by Crippen LogP contribution is 2.28. The molecule has 0 radical (unpaired) electrons. The summed E-state index contributed by atoms with van der Waals surface area (Å²) in [5, 5.41) is 8.41. The molecule has 6 nitrogen and oxygen atoms in total. The van der Waals surface area contributed by atoms with E-state index < -0.39 is 0 Å². The van der Waals surface area contributed by atoms with Gasteiger partial charge in [0.2, 0.25) is 5.95 Å². The number of hydrogen-bond acceptors (Lipinski definition) is 6. The maximum absolute atomic E-state index is 6.13. The largest absolute Gasteiger partial charge is 0.489 e. The lowest BCUT2D eigenvalue weighted by Crippen LogP contribution is -2.32. The SMILES string of the molecule is CN(C)c1nc(NC2CCC(CNCCc3ccccc3OCc3ccccc3)CC2)nc2ccccc12. The molecule has 0 saturated heterocycles. The van der Waals surface area contributed by atoms with Gasteiger partial charge in [0.1, 0.15) is 18.2 Å². The van der Waals surface area contributed by atoms with E-state index in [2.05, 4.69) is 70.1 Å². The van der Waals surface area contributed by atoms with Gasteiger partial charge in [0.15, 0.2) is 0 Å². The minimum atomic E-state index is 0.427. The number of fused-ring (bicyclic) bond motifs is 1. The zero-order valence-corrected chi connectivity index (χ0v) is 22.6. The highest BCUT2D eigenvalue weighted by Gasteiger charge is 2.22. The molecule has 3 aromatic carbocycles. The predicted octanol–water partition coefficient (Wildman–Crippen LogP) is 6.08. The molecule has 1 heterocycles. The molecule has 1 aliphatic carbocycles. The first-order valence-corrected chi connectivity index (χ1v) is 13.8. The van der Waals surface area contributed by atoms with Crippen LogP contribution in [0.15, 0.2) is 78.9 Å². The Morgan fingerprint density at radius 3 is 2.39 bits per heavy atom. The molecule has 2 N–H and O–H groups in total. The van der Waals surface area contributed by atoms with E-state index in [0.29, 0.717) is 18.6 Å². The Labute approximate surface area is 226 Å². The van der Waals surface area contributed by atoms with Gasteiger partial charge in [-0.2, -0.15) is 4.98 Å². The van der Waals surface area contributed by atoms with Crippen molar-refractivity contribution < 1.29 is 4.74 Å². The topological polar surface area (TPSA) is 62.3 Å². The summed E-state index contributed by atoms with van der Waals surface area (Å²) >= 11 is 0. The summed E-state index contributed by atoms with van der Waals surface area (Å²) in [6, 6.07) is 27.4. The molecule has 0 spiro atoms. The van der Waals surface area contributed by atoms with Gasteiger partial charge < -0.3 is 20.3 Å². The van der Waals surface area contributed by atoms with Crippen molar-refractivity contribution in [3.05, 3.63) is 90.0 Å². The smallest absolute Gasteiger partial charge is 0.225 e. The first-order chi connectivity index (χ1) is 18.7. The van der Waals surface area contributed by atoms with E-state index in [1.807, 2.05) is 38.4 Å². The molecule has 1 aromatic heterocycles. The van der Waals surface area contributed by atoms with E-state index in [-0.39, 0.29) is 0 Å². The Kier molecular flexibility index (Phi) is 8.71. The van der Waals surface area contributed by atoms with Crippen LogP contribution in [-0.2, 0) is 13.0 Å². The van der Waals surface area contributed by atoms with Gasteiger partial charge in [-0.1, -0.05) is 60.7 Å². The summed E-state index contributed by atoms with van der Waals surface area (Å²) < 4.78 is 6.13. The lowest BCUT2D eigenvalue weighted by Gasteiger charge is -2.29. The number of hydrogen-bond donors (Lipinski definition) is 2. The molecule has 5 rings (SSSR count). The van der Waals surface area contributed by atoms with Gasteiger partial charge in [0.05, 0.1) is 5.52 Å². The van der Waals surface area contributed by atoms with Gasteiger partial charge in [-0.25, -0.2) is 4.98 Å². The van der Waals surface area contributed by atoms with Gasteiger partial charge in [0, 0.05) is 25.5 Å². The lowest BCUT2D eigenvalue weighted by atomic mass is 9.86. The van der Waals surface area contributed by atoms with Crippen LogP contribution in [0.1, 0.15) is 36.8 Å². The molecule has 6 heteroatoms. The molecule has 0 aliphatic heterocycles. The Morgan fingerprint density at radius 2 is 1.58 bits per heavy atom. The van der Waals surface area contributed by atoms with E-state index in [9.17, 15) is 0 Å². The van der Waals surface area contributed by atoms with Crippen molar-refractivity contribution >= 4 is 22.7 Å². The first kappa shape index (κ1) is 26.0. The number of benzene rings is 3. The van der Waals surface area contributed by atoms with Crippen molar-refractivity contribution in [2.45, 2.75) is 44.8 Å². The van der Waals surface area contributed by atoms with E-state index in [1.54, 1.807) is 0 Å². The molecule has 1 fully saturated rings. The molecule has 1 aliphatic rings. The second kappa shape index (κ2) is 12.7. The first-order valence-electron chi connectivity index (χ1n) is 13.8. The summed E-state index contributed by atoms with van der Waals surface area (Å²) in [6.07, 6.45) is 5.70. The Morgan fingerprint density at radius 1 is 0.842 bits per heavy atom. The zero-order valence-electron chi connectivity index (χ0n) is 22.6. The number of rotatable bonds is 11. The van der Waals surface area contributed by atoms with Crippen LogP contribution in [0.2, 0.25) is 0 Å². The molecule has 1 saturated carbocycles. The molecular formula is C32H39N5O. The minimum Gasteiger partial charge on any atom is -0.489 e. The fraction of sp³-hybridized carbons (Fsp3) is 0.375. The van der Waals surface area contributed by atoms with Gasteiger partial charge in [-0.05, 0) is 80.4 Å². The number of ether oxygens (including phenoxy) is 1. The molecular weight excluding hydrogens is 470 g/mol. The minimum absolute atomic E-state index is 0.427. The third kappa shape index (κ3) is 6.81. The van der Waals surface area contributed by atoms with Crippen molar-refractivity contribution in [1.82, 2.24) is 15.3 Å². The number of aromatic nitrogens is 2. The fourth-order valence-corrected chi connectivity index (χ4v) is 5.27. The molecule has 0 atom stereocenters. The third-order valence-electron chi connectivity index (χ3n) is 7.40. The van der Waals surface area contributed by atoms with E-state index in [0.717, 1.165) is 60.8 Å². The maximum atomic E-state index is 6.13. The lowest BCUT2D eigenvalue weighted by molar-refractivity contribution is 0.302. The quantitative estimate of drug-likeness (QED) is 0.239. The van der Waals surface area contributed by atoms with Crippen LogP contribution < -0.4 is 20.3 Å². The Hall–Kier alpha value is -3.64. The highest BCUT2D eigenvalue weighted by atomic mass is 16.5. The van der Waals surface area contributed by atoms with E-state index >= 15 is 0 Å². The van der Waals surface area contributed by atoms with Crippen molar-refractivity contribution in [3.63, 3.8) is 0 Å². The summed E-state index contributed by atoms with van der Waals surface area (Å²) in [6.45, 7) is 2.63. The molecule has 4 aromatic rings. The molecule has 0 unspecified atom stereocenters. The summed E-state index contributed by atoms with van der Waals surface area (Å²) in [5.41, 5.74) is 3.44. The Balaban J connectivity index is 1.06. The van der Waals surface area contributed by atoms with Crippen molar-refractivity contribution in [1.29, 1.82) is 0 Å². The molecule has 198 valence electrons. The van der Waals surface area contributed by atoms with E-state index in [1.165, 1.54) is 24.0 Å². The summed E-state index contributed by atoms with van der Waals surface area (Å²) in [4.78, 5) is 11.7. The predicted molar refractivity (Wildman–Crippen MR) is 157 cm³/mol.